The molecule has 0 spiro atoms. The summed E-state index contributed by atoms with van der Waals surface area (Å²) in [6, 6.07) is 4.52. The quantitative estimate of drug-likeness (QED) is 0.833. The van der Waals surface area contributed by atoms with E-state index in [9.17, 15) is 0 Å². The fraction of sp³-hybridized carbons (Fsp3) is 0.533. The molecule has 0 fully saturated rings. The topological polar surface area (TPSA) is 43.0 Å². The third-order valence-corrected chi connectivity index (χ3v) is 3.39. The maximum atomic E-state index is 5.21. The molecule has 1 unspecified atom stereocenters. The highest BCUT2D eigenvalue weighted by Gasteiger charge is 2.15. The van der Waals surface area contributed by atoms with Gasteiger partial charge in [0.05, 0.1) is 18.2 Å². The summed E-state index contributed by atoms with van der Waals surface area (Å²) in [6.07, 6.45) is 6.59. The number of aromatic nitrogens is 2. The highest BCUT2D eigenvalue weighted by atomic mass is 16.3. The van der Waals surface area contributed by atoms with Gasteiger partial charge in [0.25, 0.3) is 0 Å². The predicted octanol–water partition coefficient (Wildman–Crippen LogP) is 2.86. The minimum Gasteiger partial charge on any atom is -0.472 e. The molecule has 4 nitrogen and oxygen atoms in total. The Hall–Kier alpha value is -1.55. The van der Waals surface area contributed by atoms with Crippen LogP contribution in [0.1, 0.15) is 43.3 Å². The zero-order chi connectivity index (χ0) is 13.7. The number of rotatable bonds is 7. The van der Waals surface area contributed by atoms with Crippen LogP contribution in [0.15, 0.2) is 29.1 Å². The van der Waals surface area contributed by atoms with Gasteiger partial charge >= 0.3 is 0 Å². The van der Waals surface area contributed by atoms with Gasteiger partial charge in [-0.25, -0.2) is 0 Å². The summed E-state index contributed by atoms with van der Waals surface area (Å²) >= 11 is 0. The van der Waals surface area contributed by atoms with Gasteiger partial charge < -0.3 is 9.73 Å². The third kappa shape index (κ3) is 3.47. The summed E-state index contributed by atoms with van der Waals surface area (Å²) in [5.41, 5.74) is 3.61. The van der Waals surface area contributed by atoms with Crippen molar-refractivity contribution >= 4 is 0 Å². The second-order valence-electron chi connectivity index (χ2n) is 4.87. The fourth-order valence-corrected chi connectivity index (χ4v) is 2.24. The van der Waals surface area contributed by atoms with Crippen LogP contribution < -0.4 is 5.32 Å². The van der Waals surface area contributed by atoms with Gasteiger partial charge in [-0.1, -0.05) is 13.8 Å². The molecule has 0 aliphatic heterocycles. The highest BCUT2D eigenvalue weighted by Crippen LogP contribution is 2.19. The van der Waals surface area contributed by atoms with Gasteiger partial charge in [-0.2, -0.15) is 5.10 Å². The summed E-state index contributed by atoms with van der Waals surface area (Å²) in [6.45, 7) is 5.32. The minimum atomic E-state index is 0.291. The van der Waals surface area contributed by atoms with Crippen LogP contribution in [-0.2, 0) is 19.9 Å². The van der Waals surface area contributed by atoms with Crippen molar-refractivity contribution in [2.45, 2.75) is 39.2 Å². The number of furan rings is 1. The molecule has 19 heavy (non-hydrogen) atoms. The average Bonchev–Trinajstić information content (AvgIpc) is 3.04. The van der Waals surface area contributed by atoms with Crippen LogP contribution in [0.2, 0.25) is 0 Å². The fourth-order valence-electron chi connectivity index (χ4n) is 2.24. The molecule has 2 heterocycles. The Balaban J connectivity index is 2.12. The van der Waals surface area contributed by atoms with E-state index in [4.69, 9.17) is 4.42 Å². The molecule has 2 rings (SSSR count). The Bertz CT molecular complexity index is 487. The van der Waals surface area contributed by atoms with Gasteiger partial charge in [-0.15, -0.1) is 0 Å². The monoisotopic (exact) mass is 261 g/mol. The van der Waals surface area contributed by atoms with E-state index in [1.807, 2.05) is 24.1 Å². The van der Waals surface area contributed by atoms with E-state index in [0.29, 0.717) is 6.04 Å². The molecular weight excluding hydrogens is 238 g/mol. The van der Waals surface area contributed by atoms with Crippen molar-refractivity contribution < 1.29 is 4.42 Å². The molecule has 0 aliphatic rings. The average molecular weight is 261 g/mol. The first-order valence-corrected chi connectivity index (χ1v) is 7.01. The summed E-state index contributed by atoms with van der Waals surface area (Å²) < 4.78 is 7.19. The van der Waals surface area contributed by atoms with Crippen molar-refractivity contribution in [1.29, 1.82) is 0 Å². The van der Waals surface area contributed by atoms with Crippen LogP contribution in [0.3, 0.4) is 0 Å². The van der Waals surface area contributed by atoms with Crippen molar-refractivity contribution in [2.24, 2.45) is 7.05 Å². The Kier molecular flexibility index (Phi) is 4.80. The Labute approximate surface area is 114 Å². The van der Waals surface area contributed by atoms with Gasteiger partial charge in [0.2, 0.25) is 0 Å². The zero-order valence-electron chi connectivity index (χ0n) is 12.0. The molecule has 4 heteroatoms. The van der Waals surface area contributed by atoms with E-state index >= 15 is 0 Å². The van der Waals surface area contributed by atoms with Crippen molar-refractivity contribution in [3.63, 3.8) is 0 Å². The van der Waals surface area contributed by atoms with Crippen LogP contribution >= 0.6 is 0 Å². The zero-order valence-corrected chi connectivity index (χ0v) is 12.0. The van der Waals surface area contributed by atoms with Gasteiger partial charge in [-0.3, -0.25) is 4.68 Å². The van der Waals surface area contributed by atoms with E-state index in [2.05, 4.69) is 30.3 Å². The van der Waals surface area contributed by atoms with Crippen molar-refractivity contribution in [3.8, 4) is 0 Å². The summed E-state index contributed by atoms with van der Waals surface area (Å²) in [5, 5.41) is 8.08. The molecule has 0 saturated heterocycles. The lowest BCUT2D eigenvalue weighted by molar-refractivity contribution is 0.499. The van der Waals surface area contributed by atoms with Gasteiger partial charge in [0, 0.05) is 30.8 Å². The predicted molar refractivity (Wildman–Crippen MR) is 76.0 cm³/mol. The molecule has 2 aromatic rings. The van der Waals surface area contributed by atoms with E-state index in [1.54, 1.807) is 6.26 Å². The molecule has 1 N–H and O–H groups in total. The van der Waals surface area contributed by atoms with Gasteiger partial charge in [0.1, 0.15) is 0 Å². The Morgan fingerprint density at radius 3 is 2.84 bits per heavy atom. The largest absolute Gasteiger partial charge is 0.472 e. The summed E-state index contributed by atoms with van der Waals surface area (Å²) in [5.74, 6) is 0. The molecule has 0 aromatic carbocycles. The van der Waals surface area contributed by atoms with Crippen LogP contribution in [0.25, 0.3) is 0 Å². The van der Waals surface area contributed by atoms with Crippen molar-refractivity contribution in [3.05, 3.63) is 41.6 Å². The first-order valence-electron chi connectivity index (χ1n) is 7.01. The van der Waals surface area contributed by atoms with E-state index in [-0.39, 0.29) is 0 Å². The van der Waals surface area contributed by atoms with Gasteiger partial charge in [0.15, 0.2) is 0 Å². The minimum absolute atomic E-state index is 0.291. The van der Waals surface area contributed by atoms with Crippen LogP contribution in [0.5, 0.6) is 0 Å². The second kappa shape index (κ2) is 6.57. The number of aryl methyl sites for hydroxylation is 2. The molecular formula is C15H23N3O. The third-order valence-electron chi connectivity index (χ3n) is 3.39. The summed E-state index contributed by atoms with van der Waals surface area (Å²) in [4.78, 5) is 0. The lowest BCUT2D eigenvalue weighted by Crippen LogP contribution is -2.24. The lowest BCUT2D eigenvalue weighted by atomic mass is 10.0. The first-order chi connectivity index (χ1) is 9.24. The molecule has 1 atom stereocenters. The van der Waals surface area contributed by atoms with E-state index in [0.717, 1.165) is 31.5 Å². The Morgan fingerprint density at radius 1 is 1.42 bits per heavy atom. The SMILES string of the molecule is CCCNC(Cc1cc(CC)nn1C)c1ccoc1. The van der Waals surface area contributed by atoms with E-state index in [1.165, 1.54) is 11.3 Å². The van der Waals surface area contributed by atoms with Crippen LogP contribution in [0.4, 0.5) is 0 Å². The molecule has 0 saturated carbocycles. The number of nitrogens with zero attached hydrogens (tertiary/aromatic N) is 2. The second-order valence-corrected chi connectivity index (χ2v) is 4.87. The standard InChI is InChI=1S/C15H23N3O/c1-4-7-16-15(12-6-8-19-11-12)10-14-9-13(5-2)17-18(14)3/h6,8-9,11,15-16H,4-5,7,10H2,1-3H3. The molecule has 0 bridgehead atoms. The van der Waals surface area contributed by atoms with Crippen LogP contribution in [-0.4, -0.2) is 16.3 Å². The normalized spacial score (nSPS) is 12.8. The lowest BCUT2D eigenvalue weighted by Gasteiger charge is -2.17. The maximum absolute atomic E-state index is 5.21. The molecule has 0 radical (unpaired) electrons. The van der Waals surface area contributed by atoms with Crippen LogP contribution in [0, 0.1) is 0 Å². The number of hydrogen-bond acceptors (Lipinski definition) is 3. The highest BCUT2D eigenvalue weighted by molar-refractivity contribution is 5.18. The molecule has 0 amide bonds. The Morgan fingerprint density at radius 2 is 2.26 bits per heavy atom. The van der Waals surface area contributed by atoms with E-state index < -0.39 is 0 Å². The first kappa shape index (κ1) is 13.9. The van der Waals surface area contributed by atoms with Crippen molar-refractivity contribution in [1.82, 2.24) is 15.1 Å². The summed E-state index contributed by atoms with van der Waals surface area (Å²) in [7, 11) is 2.01. The molecule has 104 valence electrons. The van der Waals surface area contributed by atoms with Crippen molar-refractivity contribution in [2.75, 3.05) is 6.54 Å². The molecule has 2 aromatic heterocycles. The number of nitrogens with one attached hydrogen (secondary N) is 1. The number of hydrogen-bond donors (Lipinski definition) is 1. The molecule has 0 aliphatic carbocycles. The van der Waals surface area contributed by atoms with Gasteiger partial charge in [-0.05, 0) is 31.5 Å². The maximum Gasteiger partial charge on any atom is 0.0950 e. The smallest absolute Gasteiger partial charge is 0.0950 e.